The van der Waals surface area contributed by atoms with E-state index in [0.717, 1.165) is 11.1 Å². The lowest BCUT2D eigenvalue weighted by atomic mass is 9.97. The Morgan fingerprint density at radius 2 is 1.78 bits per heavy atom. The first-order valence-corrected chi connectivity index (χ1v) is 9.10. The van der Waals surface area contributed by atoms with Crippen molar-refractivity contribution < 1.29 is 13.9 Å². The van der Waals surface area contributed by atoms with Crippen LogP contribution < -0.4 is 10.9 Å². The maximum atomic E-state index is 12.7. The van der Waals surface area contributed by atoms with Crippen LogP contribution in [-0.4, -0.2) is 25.7 Å². The van der Waals surface area contributed by atoms with Crippen LogP contribution in [0.5, 0.6) is 0 Å². The molecule has 5 heteroatoms. The second-order valence-corrected chi connectivity index (χ2v) is 6.31. The van der Waals surface area contributed by atoms with Gasteiger partial charge in [0.1, 0.15) is 0 Å². The molecule has 0 atom stereocenters. The molecule has 1 heterocycles. The predicted molar refractivity (Wildman–Crippen MR) is 106 cm³/mol. The number of carbonyl (C=O) groups excluding carboxylic acids is 1. The van der Waals surface area contributed by atoms with Crippen LogP contribution in [0.3, 0.4) is 0 Å². The first-order chi connectivity index (χ1) is 13.1. The van der Waals surface area contributed by atoms with Gasteiger partial charge in [-0.25, -0.2) is 4.79 Å². The molecule has 1 N–H and O–H groups in total. The number of aryl methyl sites for hydroxylation is 1. The zero-order valence-corrected chi connectivity index (χ0v) is 15.6. The molecular weight excluding hydrogens is 342 g/mol. The first kappa shape index (κ1) is 18.9. The van der Waals surface area contributed by atoms with Gasteiger partial charge in [-0.05, 0) is 31.9 Å². The Morgan fingerprint density at radius 3 is 2.48 bits per heavy atom. The Labute approximate surface area is 158 Å². The molecule has 0 aliphatic heterocycles. The van der Waals surface area contributed by atoms with Crippen LogP contribution in [0.25, 0.3) is 21.9 Å². The summed E-state index contributed by atoms with van der Waals surface area (Å²) >= 11 is 0. The third-order valence-electron chi connectivity index (χ3n) is 4.34. The monoisotopic (exact) mass is 365 g/mol. The SMILES string of the molecule is CCOCCCNC(=O)c1oc(=O)c2ccccc2c1-c1ccc(C)cc1. The van der Waals surface area contributed by atoms with E-state index in [4.69, 9.17) is 9.15 Å². The number of rotatable bonds is 7. The summed E-state index contributed by atoms with van der Waals surface area (Å²) in [6, 6.07) is 15.0. The van der Waals surface area contributed by atoms with E-state index < -0.39 is 11.5 Å². The Balaban J connectivity index is 2.03. The summed E-state index contributed by atoms with van der Waals surface area (Å²) in [4.78, 5) is 25.1. The maximum absolute atomic E-state index is 12.7. The Hall–Kier alpha value is -2.92. The van der Waals surface area contributed by atoms with Gasteiger partial charge < -0.3 is 14.5 Å². The van der Waals surface area contributed by atoms with Gasteiger partial charge in [0.15, 0.2) is 0 Å². The molecule has 0 radical (unpaired) electrons. The Bertz CT molecular complexity index is 989. The van der Waals surface area contributed by atoms with Crippen LogP contribution in [0.1, 0.15) is 29.5 Å². The van der Waals surface area contributed by atoms with Crippen LogP contribution in [-0.2, 0) is 4.74 Å². The molecule has 0 unspecified atom stereocenters. The van der Waals surface area contributed by atoms with E-state index in [9.17, 15) is 9.59 Å². The average molecular weight is 365 g/mol. The minimum atomic E-state index is -0.513. The highest BCUT2D eigenvalue weighted by atomic mass is 16.5. The highest BCUT2D eigenvalue weighted by molar-refractivity contribution is 6.07. The molecule has 1 amide bonds. The number of hydrogen-bond acceptors (Lipinski definition) is 4. The zero-order chi connectivity index (χ0) is 19.2. The summed E-state index contributed by atoms with van der Waals surface area (Å²) in [6.07, 6.45) is 0.692. The fraction of sp³-hybridized carbons (Fsp3) is 0.273. The van der Waals surface area contributed by atoms with Gasteiger partial charge in [-0.3, -0.25) is 4.79 Å². The van der Waals surface area contributed by atoms with Gasteiger partial charge in [-0.1, -0.05) is 48.0 Å². The van der Waals surface area contributed by atoms with Crippen molar-refractivity contribution in [2.75, 3.05) is 19.8 Å². The van der Waals surface area contributed by atoms with Crippen LogP contribution in [0.2, 0.25) is 0 Å². The Morgan fingerprint density at radius 1 is 1.07 bits per heavy atom. The average Bonchev–Trinajstić information content (AvgIpc) is 2.68. The van der Waals surface area contributed by atoms with E-state index in [1.165, 1.54) is 0 Å². The fourth-order valence-corrected chi connectivity index (χ4v) is 2.97. The number of carbonyl (C=O) groups is 1. The lowest BCUT2D eigenvalue weighted by Crippen LogP contribution is -2.27. The second kappa shape index (κ2) is 8.64. The highest BCUT2D eigenvalue weighted by Gasteiger charge is 2.20. The maximum Gasteiger partial charge on any atom is 0.344 e. The molecule has 5 nitrogen and oxygen atoms in total. The van der Waals surface area contributed by atoms with E-state index in [0.29, 0.717) is 42.5 Å². The minimum absolute atomic E-state index is 0.0407. The molecule has 0 aliphatic rings. The molecular formula is C22H23NO4. The summed E-state index contributed by atoms with van der Waals surface area (Å²) in [5.41, 5.74) is 2.07. The van der Waals surface area contributed by atoms with E-state index in [1.54, 1.807) is 12.1 Å². The fourth-order valence-electron chi connectivity index (χ4n) is 2.97. The van der Waals surface area contributed by atoms with Crippen molar-refractivity contribution >= 4 is 16.7 Å². The Kier molecular flexibility index (Phi) is 6.04. The molecule has 140 valence electrons. The quantitative estimate of drug-likeness (QED) is 0.644. The normalized spacial score (nSPS) is 10.9. The highest BCUT2D eigenvalue weighted by Crippen LogP contribution is 2.30. The summed E-state index contributed by atoms with van der Waals surface area (Å²) in [5, 5.41) is 3.98. The number of hydrogen-bond donors (Lipinski definition) is 1. The molecule has 3 aromatic rings. The largest absolute Gasteiger partial charge is 0.416 e. The topological polar surface area (TPSA) is 68.5 Å². The van der Waals surface area contributed by atoms with Gasteiger partial charge in [0.05, 0.1) is 5.39 Å². The number of nitrogens with one attached hydrogen (secondary N) is 1. The van der Waals surface area contributed by atoms with Crippen molar-refractivity contribution in [3.8, 4) is 11.1 Å². The van der Waals surface area contributed by atoms with E-state index in [-0.39, 0.29) is 5.76 Å². The standard InChI is InChI=1S/C22H23NO4/c1-3-26-14-6-13-23-21(24)20-19(16-11-9-15(2)10-12-16)17-7-4-5-8-18(17)22(25)27-20/h4-5,7-12H,3,6,13-14H2,1-2H3,(H,23,24). The molecule has 0 fully saturated rings. The molecule has 2 aromatic carbocycles. The molecule has 0 saturated carbocycles. The van der Waals surface area contributed by atoms with Crippen molar-refractivity contribution in [1.29, 1.82) is 0 Å². The molecule has 0 aliphatic carbocycles. The smallest absolute Gasteiger partial charge is 0.344 e. The van der Waals surface area contributed by atoms with E-state index >= 15 is 0 Å². The zero-order valence-electron chi connectivity index (χ0n) is 15.6. The lowest BCUT2D eigenvalue weighted by molar-refractivity contribution is 0.0914. The first-order valence-electron chi connectivity index (χ1n) is 9.10. The van der Waals surface area contributed by atoms with Crippen LogP contribution in [0.15, 0.2) is 57.7 Å². The molecule has 3 rings (SSSR count). The van der Waals surface area contributed by atoms with Gasteiger partial charge in [-0.2, -0.15) is 0 Å². The van der Waals surface area contributed by atoms with Crippen molar-refractivity contribution in [3.05, 3.63) is 70.3 Å². The van der Waals surface area contributed by atoms with Gasteiger partial charge >= 0.3 is 5.63 Å². The third kappa shape index (κ3) is 4.26. The summed E-state index contributed by atoms with van der Waals surface area (Å²) in [5.74, 6) is -0.358. The number of benzene rings is 2. The van der Waals surface area contributed by atoms with Crippen LogP contribution in [0, 0.1) is 6.92 Å². The van der Waals surface area contributed by atoms with E-state index in [2.05, 4.69) is 5.32 Å². The van der Waals surface area contributed by atoms with Crippen LogP contribution >= 0.6 is 0 Å². The van der Waals surface area contributed by atoms with Crippen LogP contribution in [0.4, 0.5) is 0 Å². The number of ether oxygens (including phenoxy) is 1. The molecule has 0 spiro atoms. The molecule has 27 heavy (non-hydrogen) atoms. The van der Waals surface area contributed by atoms with Crippen molar-refractivity contribution in [2.45, 2.75) is 20.3 Å². The number of amides is 1. The van der Waals surface area contributed by atoms with Gasteiger partial charge in [-0.15, -0.1) is 0 Å². The van der Waals surface area contributed by atoms with Crippen molar-refractivity contribution in [3.63, 3.8) is 0 Å². The summed E-state index contributed by atoms with van der Waals surface area (Å²) < 4.78 is 10.7. The van der Waals surface area contributed by atoms with Crippen molar-refractivity contribution in [1.82, 2.24) is 5.32 Å². The molecule has 1 aromatic heterocycles. The predicted octanol–water partition coefficient (Wildman–Crippen LogP) is 3.92. The van der Waals surface area contributed by atoms with E-state index in [1.807, 2.05) is 50.2 Å². The molecule has 0 bridgehead atoms. The number of fused-ring (bicyclic) bond motifs is 1. The minimum Gasteiger partial charge on any atom is -0.416 e. The van der Waals surface area contributed by atoms with Gasteiger partial charge in [0, 0.05) is 30.7 Å². The van der Waals surface area contributed by atoms with Gasteiger partial charge in [0.25, 0.3) is 5.91 Å². The third-order valence-corrected chi connectivity index (χ3v) is 4.34. The lowest BCUT2D eigenvalue weighted by Gasteiger charge is -2.12. The summed E-state index contributed by atoms with van der Waals surface area (Å²) in [7, 11) is 0. The second-order valence-electron chi connectivity index (χ2n) is 6.31. The molecule has 0 saturated heterocycles. The van der Waals surface area contributed by atoms with Crippen molar-refractivity contribution in [2.24, 2.45) is 0 Å². The summed E-state index contributed by atoms with van der Waals surface area (Å²) in [6.45, 7) is 5.59. The van der Waals surface area contributed by atoms with Gasteiger partial charge in [0.2, 0.25) is 5.76 Å².